The maximum Gasteiger partial charge on any atom is 0.328 e. The van der Waals surface area contributed by atoms with Crippen LogP contribution < -0.4 is 5.32 Å². The lowest BCUT2D eigenvalue weighted by Crippen LogP contribution is -2.28. The van der Waals surface area contributed by atoms with Crippen molar-refractivity contribution in [3.63, 3.8) is 0 Å². The van der Waals surface area contributed by atoms with Crippen LogP contribution in [0.4, 0.5) is 0 Å². The molecule has 25 heavy (non-hydrogen) atoms. The summed E-state index contributed by atoms with van der Waals surface area (Å²) in [6.07, 6.45) is 3.51. The average molecular weight is 340 g/mol. The van der Waals surface area contributed by atoms with Crippen molar-refractivity contribution < 1.29 is 19.8 Å². The summed E-state index contributed by atoms with van der Waals surface area (Å²) in [5.41, 5.74) is 7.46. The Bertz CT molecular complexity index is 820. The molecule has 6 nitrogen and oxygen atoms in total. The first-order chi connectivity index (χ1) is 12.1. The van der Waals surface area contributed by atoms with Gasteiger partial charge in [0.15, 0.2) is 0 Å². The van der Waals surface area contributed by atoms with Gasteiger partial charge in [0.25, 0.3) is 0 Å². The van der Waals surface area contributed by atoms with Crippen molar-refractivity contribution in [2.45, 2.75) is 25.9 Å². The number of carboxylic acid groups (broad SMARTS) is 2. The van der Waals surface area contributed by atoms with Crippen LogP contribution in [0.2, 0.25) is 0 Å². The van der Waals surface area contributed by atoms with Crippen LogP contribution in [-0.4, -0.2) is 33.3 Å². The van der Waals surface area contributed by atoms with Gasteiger partial charge in [-0.1, -0.05) is 24.3 Å². The van der Waals surface area contributed by atoms with Crippen LogP contribution >= 0.6 is 0 Å². The van der Waals surface area contributed by atoms with Crippen molar-refractivity contribution in [1.29, 1.82) is 0 Å². The number of nitrogens with one attached hydrogen (secondary N) is 1. The third kappa shape index (κ3) is 3.80. The van der Waals surface area contributed by atoms with Crippen LogP contribution in [-0.2, 0) is 35.5 Å². The second kappa shape index (κ2) is 7.36. The van der Waals surface area contributed by atoms with Crippen LogP contribution in [0.3, 0.4) is 0 Å². The molecular weight excluding hydrogens is 320 g/mol. The number of aryl methyl sites for hydroxylation is 2. The Morgan fingerprint density at radius 1 is 1.04 bits per heavy atom. The summed E-state index contributed by atoms with van der Waals surface area (Å²) in [6.45, 7) is 3.23. The molecule has 1 aromatic carbocycles. The lowest BCUT2D eigenvalue weighted by Gasteiger charge is -2.23. The standard InChI is InChI=1S/C15H16N2.C4H4O4/c1-2-4-14-11(3-1)5-6-12-9-13-10-16-7-8-17(13)15(12)14;5-3(6)1-2-4(7)8/h1-4,9,16H,5-8,10H2;1-2H,(H,5,6)(H,7,8). The van der Waals surface area contributed by atoms with Gasteiger partial charge in [0.1, 0.15) is 0 Å². The smallest absolute Gasteiger partial charge is 0.328 e. The summed E-state index contributed by atoms with van der Waals surface area (Å²) >= 11 is 0. The van der Waals surface area contributed by atoms with Crippen molar-refractivity contribution >= 4 is 11.9 Å². The summed E-state index contributed by atoms with van der Waals surface area (Å²) in [7, 11) is 0. The van der Waals surface area contributed by atoms with E-state index in [4.69, 9.17) is 10.2 Å². The molecule has 3 N–H and O–H groups in total. The SMILES string of the molecule is O=C(O)C=CC(=O)O.c1ccc2c(c1)CCc1cc3n(c1-2)CCNC3. The van der Waals surface area contributed by atoms with Gasteiger partial charge >= 0.3 is 11.9 Å². The molecule has 0 atom stereocenters. The number of fused-ring (bicyclic) bond motifs is 5. The van der Waals surface area contributed by atoms with E-state index in [9.17, 15) is 9.59 Å². The van der Waals surface area contributed by atoms with E-state index in [-0.39, 0.29) is 0 Å². The highest BCUT2D eigenvalue weighted by atomic mass is 16.4. The van der Waals surface area contributed by atoms with Crippen molar-refractivity contribution in [1.82, 2.24) is 9.88 Å². The van der Waals surface area contributed by atoms with E-state index in [1.54, 1.807) is 5.56 Å². The van der Waals surface area contributed by atoms with Gasteiger partial charge < -0.3 is 20.1 Å². The fourth-order valence-corrected chi connectivity index (χ4v) is 3.36. The lowest BCUT2D eigenvalue weighted by atomic mass is 9.90. The van der Waals surface area contributed by atoms with Gasteiger partial charge in [0.2, 0.25) is 0 Å². The first-order valence-electron chi connectivity index (χ1n) is 8.20. The van der Waals surface area contributed by atoms with E-state index < -0.39 is 11.9 Å². The molecule has 4 rings (SSSR count). The molecule has 130 valence electrons. The number of aromatic nitrogens is 1. The van der Waals surface area contributed by atoms with Gasteiger partial charge in [-0.15, -0.1) is 0 Å². The molecular formula is C19H20N2O4. The predicted octanol–water partition coefficient (Wildman–Crippen LogP) is 2.07. The molecule has 2 aromatic rings. The quantitative estimate of drug-likeness (QED) is 0.728. The number of hydrogen-bond acceptors (Lipinski definition) is 3. The highest BCUT2D eigenvalue weighted by Crippen LogP contribution is 2.36. The number of carboxylic acids is 2. The van der Waals surface area contributed by atoms with Crippen LogP contribution in [0, 0.1) is 0 Å². The zero-order valence-corrected chi connectivity index (χ0v) is 13.7. The molecule has 0 saturated heterocycles. The molecule has 2 heterocycles. The Balaban J connectivity index is 0.000000197. The van der Waals surface area contributed by atoms with Gasteiger partial charge in [-0.3, -0.25) is 0 Å². The van der Waals surface area contributed by atoms with Gasteiger partial charge in [-0.25, -0.2) is 9.59 Å². The van der Waals surface area contributed by atoms with Crippen LogP contribution in [0.25, 0.3) is 11.3 Å². The van der Waals surface area contributed by atoms with Crippen molar-refractivity contribution in [2.24, 2.45) is 0 Å². The molecule has 0 unspecified atom stereocenters. The molecule has 0 amide bonds. The van der Waals surface area contributed by atoms with Gasteiger partial charge in [-0.05, 0) is 30.0 Å². The molecule has 0 saturated carbocycles. The van der Waals surface area contributed by atoms with E-state index in [0.717, 1.165) is 19.6 Å². The summed E-state index contributed by atoms with van der Waals surface area (Å²) in [5, 5.41) is 19.1. The molecule has 0 bridgehead atoms. The zero-order chi connectivity index (χ0) is 17.8. The molecule has 6 heteroatoms. The van der Waals surface area contributed by atoms with Crippen LogP contribution in [0.5, 0.6) is 0 Å². The Hall–Kier alpha value is -2.86. The second-order valence-corrected chi connectivity index (χ2v) is 6.00. The summed E-state index contributed by atoms with van der Waals surface area (Å²) in [5.74, 6) is -2.51. The zero-order valence-electron chi connectivity index (χ0n) is 13.7. The number of nitrogens with zero attached hydrogens (tertiary/aromatic N) is 1. The summed E-state index contributed by atoms with van der Waals surface area (Å²) in [6, 6.07) is 11.3. The molecule has 0 spiro atoms. The fraction of sp³-hybridized carbons (Fsp3) is 0.263. The third-order valence-corrected chi connectivity index (χ3v) is 4.38. The second-order valence-electron chi connectivity index (χ2n) is 6.00. The molecule has 2 aliphatic rings. The highest BCUT2D eigenvalue weighted by molar-refractivity contribution is 5.89. The van der Waals surface area contributed by atoms with Crippen molar-refractivity contribution in [3.05, 3.63) is 59.3 Å². The predicted molar refractivity (Wildman–Crippen MR) is 93.4 cm³/mol. The number of carbonyl (C=O) groups is 2. The topological polar surface area (TPSA) is 91.6 Å². The molecule has 1 aliphatic carbocycles. The average Bonchev–Trinajstić information content (AvgIpc) is 2.99. The van der Waals surface area contributed by atoms with Gasteiger partial charge in [0.05, 0.1) is 5.69 Å². The Labute approximate surface area is 145 Å². The van der Waals surface area contributed by atoms with E-state index in [1.807, 2.05) is 0 Å². The lowest BCUT2D eigenvalue weighted by molar-refractivity contribution is -0.134. The fourth-order valence-electron chi connectivity index (χ4n) is 3.36. The maximum atomic E-state index is 9.55. The highest BCUT2D eigenvalue weighted by Gasteiger charge is 2.23. The number of benzene rings is 1. The maximum absolute atomic E-state index is 9.55. The van der Waals surface area contributed by atoms with Gasteiger partial charge in [0, 0.05) is 43.0 Å². The summed E-state index contributed by atoms with van der Waals surface area (Å²) in [4.78, 5) is 19.1. The van der Waals surface area contributed by atoms with E-state index in [2.05, 4.69) is 40.2 Å². The monoisotopic (exact) mass is 340 g/mol. The Morgan fingerprint density at radius 3 is 2.44 bits per heavy atom. The molecule has 1 aromatic heterocycles. The van der Waals surface area contributed by atoms with E-state index in [1.165, 1.54) is 35.4 Å². The number of rotatable bonds is 2. The van der Waals surface area contributed by atoms with Crippen molar-refractivity contribution in [2.75, 3.05) is 6.54 Å². The molecule has 1 aliphatic heterocycles. The first-order valence-corrected chi connectivity index (χ1v) is 8.20. The number of hydrogen-bond donors (Lipinski definition) is 3. The largest absolute Gasteiger partial charge is 0.478 e. The van der Waals surface area contributed by atoms with Crippen LogP contribution in [0.1, 0.15) is 16.8 Å². The normalized spacial score (nSPS) is 14.7. The first kappa shape index (κ1) is 17.0. The van der Waals surface area contributed by atoms with E-state index >= 15 is 0 Å². The number of aliphatic carboxylic acids is 2. The third-order valence-electron chi connectivity index (χ3n) is 4.38. The minimum atomic E-state index is -1.26. The molecule has 0 radical (unpaired) electrons. The van der Waals surface area contributed by atoms with Crippen molar-refractivity contribution in [3.8, 4) is 11.3 Å². The van der Waals surface area contributed by atoms with Gasteiger partial charge in [-0.2, -0.15) is 0 Å². The Morgan fingerprint density at radius 2 is 1.72 bits per heavy atom. The minimum absolute atomic E-state index is 0.558. The summed E-state index contributed by atoms with van der Waals surface area (Å²) < 4.78 is 2.52. The van der Waals surface area contributed by atoms with Crippen LogP contribution in [0.15, 0.2) is 42.5 Å². The molecule has 0 fully saturated rings. The van der Waals surface area contributed by atoms with E-state index in [0.29, 0.717) is 12.2 Å². The minimum Gasteiger partial charge on any atom is -0.478 e. The Kier molecular flexibility index (Phi) is 5.00.